The fraction of sp³-hybridized carbons (Fsp3) is 0.769. The summed E-state index contributed by atoms with van der Waals surface area (Å²) < 4.78 is 2.05. The summed E-state index contributed by atoms with van der Waals surface area (Å²) in [6, 6.07) is 0. The highest BCUT2D eigenvalue weighted by molar-refractivity contribution is 5.50. The van der Waals surface area contributed by atoms with E-state index in [0.29, 0.717) is 0 Å². The number of nitrogens with one attached hydrogen (secondary N) is 1. The molecule has 0 bridgehead atoms. The van der Waals surface area contributed by atoms with Crippen LogP contribution < -0.4 is 10.2 Å². The van der Waals surface area contributed by atoms with E-state index in [4.69, 9.17) is 0 Å². The Morgan fingerprint density at radius 2 is 2.00 bits per heavy atom. The van der Waals surface area contributed by atoms with E-state index >= 15 is 0 Å². The fourth-order valence-corrected chi connectivity index (χ4v) is 2.61. The van der Waals surface area contributed by atoms with Crippen molar-refractivity contribution in [1.82, 2.24) is 15.1 Å². The normalized spacial score (nSPS) is 15.8. The van der Waals surface area contributed by atoms with Gasteiger partial charge < -0.3 is 10.2 Å². The van der Waals surface area contributed by atoms with E-state index in [9.17, 15) is 0 Å². The molecule has 2 rings (SSSR count). The van der Waals surface area contributed by atoms with Crippen LogP contribution in [0.2, 0.25) is 0 Å². The van der Waals surface area contributed by atoms with Crippen LogP contribution in [-0.4, -0.2) is 29.4 Å². The van der Waals surface area contributed by atoms with E-state index in [0.717, 1.165) is 18.8 Å². The van der Waals surface area contributed by atoms with Gasteiger partial charge in [0.05, 0.1) is 5.69 Å². The maximum atomic E-state index is 4.57. The molecule has 2 heterocycles. The Kier molecular flexibility index (Phi) is 4.05. The van der Waals surface area contributed by atoms with Crippen molar-refractivity contribution in [3.8, 4) is 0 Å². The summed E-state index contributed by atoms with van der Waals surface area (Å²) in [5.41, 5.74) is 2.54. The van der Waals surface area contributed by atoms with Crippen molar-refractivity contribution in [1.29, 1.82) is 0 Å². The van der Waals surface area contributed by atoms with Crippen LogP contribution in [0.5, 0.6) is 0 Å². The minimum Gasteiger partial charge on any atom is -0.357 e. The van der Waals surface area contributed by atoms with Gasteiger partial charge >= 0.3 is 0 Å². The van der Waals surface area contributed by atoms with Gasteiger partial charge in [-0.15, -0.1) is 0 Å². The van der Waals surface area contributed by atoms with Crippen molar-refractivity contribution in [3.05, 3.63) is 11.3 Å². The van der Waals surface area contributed by atoms with Crippen LogP contribution in [0.3, 0.4) is 0 Å². The van der Waals surface area contributed by atoms with Crippen LogP contribution in [0.4, 0.5) is 5.82 Å². The van der Waals surface area contributed by atoms with Crippen LogP contribution in [0, 0.1) is 6.92 Å². The molecule has 1 aliphatic rings. The Morgan fingerprint density at radius 3 is 2.65 bits per heavy atom. The van der Waals surface area contributed by atoms with Crippen LogP contribution in [0.1, 0.15) is 37.4 Å². The van der Waals surface area contributed by atoms with Crippen molar-refractivity contribution < 1.29 is 0 Å². The molecule has 17 heavy (non-hydrogen) atoms. The van der Waals surface area contributed by atoms with Gasteiger partial charge in [0, 0.05) is 32.2 Å². The van der Waals surface area contributed by atoms with Crippen LogP contribution in [0.25, 0.3) is 0 Å². The number of hydrogen-bond donors (Lipinski definition) is 1. The molecule has 0 atom stereocenters. The smallest absolute Gasteiger partial charge is 0.131 e. The molecule has 1 saturated heterocycles. The molecular formula is C13H24N4. The minimum atomic E-state index is 0.944. The van der Waals surface area contributed by atoms with Gasteiger partial charge in [0.1, 0.15) is 5.82 Å². The average Bonchev–Trinajstić information content (AvgIpc) is 2.88. The second-order valence-corrected chi connectivity index (χ2v) is 4.88. The maximum Gasteiger partial charge on any atom is 0.131 e. The maximum absolute atomic E-state index is 4.57. The first-order valence-electron chi connectivity index (χ1n) is 6.72. The van der Waals surface area contributed by atoms with Crippen molar-refractivity contribution in [2.45, 2.75) is 39.7 Å². The zero-order chi connectivity index (χ0) is 12.3. The summed E-state index contributed by atoms with van der Waals surface area (Å²) in [6.45, 7) is 8.69. The first-order chi connectivity index (χ1) is 8.24. The summed E-state index contributed by atoms with van der Waals surface area (Å²) in [6.07, 6.45) is 3.80. The fourth-order valence-electron chi connectivity index (χ4n) is 2.61. The van der Waals surface area contributed by atoms with Gasteiger partial charge in [-0.05, 0) is 32.7 Å². The quantitative estimate of drug-likeness (QED) is 0.792. The van der Waals surface area contributed by atoms with Crippen molar-refractivity contribution in [3.63, 3.8) is 0 Å². The number of anilines is 1. The summed E-state index contributed by atoms with van der Waals surface area (Å²) in [4.78, 5) is 2.48. The molecule has 0 radical (unpaired) electrons. The Balaban J connectivity index is 2.16. The first-order valence-corrected chi connectivity index (χ1v) is 6.72. The van der Waals surface area contributed by atoms with Crippen molar-refractivity contribution in [2.24, 2.45) is 7.05 Å². The number of hydrogen-bond acceptors (Lipinski definition) is 3. The third kappa shape index (κ3) is 2.63. The van der Waals surface area contributed by atoms with Gasteiger partial charge in [-0.3, -0.25) is 4.68 Å². The average molecular weight is 236 g/mol. The van der Waals surface area contributed by atoms with E-state index < -0.39 is 0 Å². The molecule has 1 N–H and O–H groups in total. The molecule has 4 nitrogen and oxygen atoms in total. The lowest BCUT2D eigenvalue weighted by Crippen LogP contribution is -2.24. The van der Waals surface area contributed by atoms with E-state index in [-0.39, 0.29) is 0 Å². The molecule has 0 aromatic carbocycles. The predicted molar refractivity (Wildman–Crippen MR) is 71.4 cm³/mol. The SMILES string of the molecule is CCCNCc1c(C)nn(C)c1N1CCCC1. The molecule has 0 saturated carbocycles. The molecule has 1 fully saturated rings. The number of aryl methyl sites for hydroxylation is 2. The zero-order valence-corrected chi connectivity index (χ0v) is 11.3. The molecular weight excluding hydrogens is 212 g/mol. The van der Waals surface area contributed by atoms with Gasteiger partial charge in [0.25, 0.3) is 0 Å². The van der Waals surface area contributed by atoms with Crippen LogP contribution in [-0.2, 0) is 13.6 Å². The number of rotatable bonds is 5. The highest BCUT2D eigenvalue weighted by atomic mass is 15.4. The molecule has 96 valence electrons. The Hall–Kier alpha value is -1.03. The number of nitrogens with zero attached hydrogens (tertiary/aromatic N) is 3. The minimum absolute atomic E-state index is 0.944. The second-order valence-electron chi connectivity index (χ2n) is 4.88. The Bertz CT molecular complexity index is 364. The molecule has 0 spiro atoms. The molecule has 1 aliphatic heterocycles. The van der Waals surface area contributed by atoms with Gasteiger partial charge in [-0.1, -0.05) is 6.92 Å². The summed E-state index contributed by atoms with van der Waals surface area (Å²) in [7, 11) is 2.06. The highest BCUT2D eigenvalue weighted by Crippen LogP contribution is 2.26. The third-order valence-electron chi connectivity index (χ3n) is 3.45. The van der Waals surface area contributed by atoms with E-state index in [2.05, 4.69) is 36.2 Å². The van der Waals surface area contributed by atoms with Crippen LogP contribution in [0.15, 0.2) is 0 Å². The van der Waals surface area contributed by atoms with Gasteiger partial charge in [-0.2, -0.15) is 5.10 Å². The molecule has 1 aromatic rings. The highest BCUT2D eigenvalue weighted by Gasteiger charge is 2.21. The summed E-state index contributed by atoms with van der Waals surface area (Å²) in [5.74, 6) is 1.32. The standard InChI is InChI=1S/C13H24N4/c1-4-7-14-10-12-11(2)15-16(3)13(12)17-8-5-6-9-17/h14H,4-10H2,1-3H3. The third-order valence-corrected chi connectivity index (χ3v) is 3.45. The first kappa shape index (κ1) is 12.4. The Morgan fingerprint density at radius 1 is 1.29 bits per heavy atom. The van der Waals surface area contributed by atoms with Crippen molar-refractivity contribution >= 4 is 5.82 Å². The lowest BCUT2D eigenvalue weighted by atomic mass is 10.2. The predicted octanol–water partition coefficient (Wildman–Crippen LogP) is 1.83. The molecule has 0 unspecified atom stereocenters. The lowest BCUT2D eigenvalue weighted by molar-refractivity contribution is 0.670. The van der Waals surface area contributed by atoms with Gasteiger partial charge in [-0.25, -0.2) is 0 Å². The van der Waals surface area contributed by atoms with Gasteiger partial charge in [0.15, 0.2) is 0 Å². The van der Waals surface area contributed by atoms with E-state index in [1.54, 1.807) is 0 Å². The van der Waals surface area contributed by atoms with Gasteiger partial charge in [0.2, 0.25) is 0 Å². The molecule has 4 heteroatoms. The molecule has 1 aromatic heterocycles. The van der Waals surface area contributed by atoms with Crippen molar-refractivity contribution in [2.75, 3.05) is 24.5 Å². The van der Waals surface area contributed by atoms with Crippen LogP contribution >= 0.6 is 0 Å². The van der Waals surface area contributed by atoms with E-state index in [1.807, 2.05) is 4.68 Å². The summed E-state index contributed by atoms with van der Waals surface area (Å²) in [5, 5.41) is 8.06. The lowest BCUT2D eigenvalue weighted by Gasteiger charge is -2.19. The molecule has 0 aliphatic carbocycles. The number of aromatic nitrogens is 2. The monoisotopic (exact) mass is 236 g/mol. The largest absolute Gasteiger partial charge is 0.357 e. The topological polar surface area (TPSA) is 33.1 Å². The molecule has 0 amide bonds. The summed E-state index contributed by atoms with van der Waals surface area (Å²) >= 11 is 0. The zero-order valence-electron chi connectivity index (χ0n) is 11.3. The Labute approximate surface area is 104 Å². The van der Waals surface area contributed by atoms with E-state index in [1.165, 1.54) is 43.7 Å². The second kappa shape index (κ2) is 5.54.